The van der Waals surface area contributed by atoms with Crippen molar-refractivity contribution >= 4 is 19.6 Å². The predicted molar refractivity (Wildman–Crippen MR) is 76.0 cm³/mol. The molecule has 0 saturated heterocycles. The van der Waals surface area contributed by atoms with Crippen LogP contribution in [0.15, 0.2) is 42.5 Å². The molecule has 16 heavy (non-hydrogen) atoms. The average molecular weight is 228 g/mol. The summed E-state index contributed by atoms with van der Waals surface area (Å²) in [6.07, 6.45) is 2.60. The molecular weight excluding hydrogens is 208 g/mol. The van der Waals surface area contributed by atoms with E-state index in [-0.39, 0.29) is 8.80 Å². The average Bonchev–Trinajstić information content (AvgIpc) is 2.29. The molecule has 0 N–H and O–H groups in total. The molecule has 0 radical (unpaired) electrons. The van der Waals surface area contributed by atoms with Crippen LogP contribution in [0.1, 0.15) is 12.0 Å². The molecule has 0 heterocycles. The lowest BCUT2D eigenvalue weighted by molar-refractivity contribution is 0.917. The Balaban J connectivity index is 2.17. The number of hydrogen-bond acceptors (Lipinski definition) is 0. The van der Waals surface area contributed by atoms with Gasteiger partial charge in [0.2, 0.25) is 0 Å². The van der Waals surface area contributed by atoms with Crippen LogP contribution in [0, 0.1) is 0 Å². The normalized spacial score (nSPS) is 11.2. The molecule has 2 rings (SSSR count). The second kappa shape index (κ2) is 5.31. The van der Waals surface area contributed by atoms with Gasteiger partial charge in [0.15, 0.2) is 0 Å². The van der Waals surface area contributed by atoms with E-state index in [0.29, 0.717) is 0 Å². The highest BCUT2D eigenvalue weighted by Crippen LogP contribution is 2.20. The molecule has 2 aromatic rings. The van der Waals surface area contributed by atoms with E-state index < -0.39 is 0 Å². The number of aryl methyl sites for hydroxylation is 1. The maximum Gasteiger partial charge on any atom is 0.0305 e. The Bertz CT molecular complexity index is 454. The fourth-order valence-electron chi connectivity index (χ4n) is 2.21. The number of rotatable bonds is 4. The van der Waals surface area contributed by atoms with Crippen LogP contribution in [0.25, 0.3) is 10.8 Å². The summed E-state index contributed by atoms with van der Waals surface area (Å²) in [5.74, 6) is 0. The second-order valence-electron chi connectivity index (χ2n) is 4.92. The molecule has 1 heteroatoms. The van der Waals surface area contributed by atoms with Crippen LogP contribution < -0.4 is 0 Å². The zero-order valence-corrected chi connectivity index (χ0v) is 11.4. The minimum Gasteiger partial charge on any atom is -0.0722 e. The van der Waals surface area contributed by atoms with Crippen molar-refractivity contribution in [1.82, 2.24) is 0 Å². The summed E-state index contributed by atoms with van der Waals surface area (Å²) in [5.41, 5.74) is 1.52. The van der Waals surface area contributed by atoms with Gasteiger partial charge in [-0.3, -0.25) is 0 Å². The van der Waals surface area contributed by atoms with Crippen LogP contribution >= 0.6 is 0 Å². The van der Waals surface area contributed by atoms with Gasteiger partial charge in [-0.05, 0) is 22.8 Å². The first-order valence-corrected chi connectivity index (χ1v) is 9.36. The van der Waals surface area contributed by atoms with E-state index in [1.165, 1.54) is 35.2 Å². The smallest absolute Gasteiger partial charge is 0.0305 e. The van der Waals surface area contributed by atoms with Crippen LogP contribution in [0.3, 0.4) is 0 Å². The summed E-state index contributed by atoms with van der Waals surface area (Å²) in [6, 6.07) is 16.8. The van der Waals surface area contributed by atoms with Crippen molar-refractivity contribution in [2.75, 3.05) is 0 Å². The first kappa shape index (κ1) is 11.4. The SMILES string of the molecule is C[SiH](C)CCCc1cccc2ccccc12. The molecule has 0 unspecified atom stereocenters. The van der Waals surface area contributed by atoms with E-state index >= 15 is 0 Å². The third kappa shape index (κ3) is 2.73. The summed E-state index contributed by atoms with van der Waals surface area (Å²) in [6.45, 7) is 4.87. The maximum absolute atomic E-state index is 2.43. The Kier molecular flexibility index (Phi) is 3.78. The lowest BCUT2D eigenvalue weighted by Crippen LogP contribution is -1.99. The monoisotopic (exact) mass is 228 g/mol. The Morgan fingerprint density at radius 2 is 1.69 bits per heavy atom. The summed E-state index contributed by atoms with van der Waals surface area (Å²) >= 11 is 0. The molecular formula is C15H20Si. The van der Waals surface area contributed by atoms with Crippen molar-refractivity contribution in [2.45, 2.75) is 32.0 Å². The van der Waals surface area contributed by atoms with Crippen LogP contribution in [0.4, 0.5) is 0 Å². The van der Waals surface area contributed by atoms with E-state index in [1.54, 1.807) is 0 Å². The van der Waals surface area contributed by atoms with Crippen molar-refractivity contribution in [3.05, 3.63) is 48.0 Å². The van der Waals surface area contributed by atoms with Crippen molar-refractivity contribution in [3.8, 4) is 0 Å². The first-order valence-electron chi connectivity index (χ1n) is 6.24. The lowest BCUT2D eigenvalue weighted by Gasteiger charge is -2.07. The third-order valence-electron chi connectivity index (χ3n) is 3.11. The molecule has 0 aliphatic carbocycles. The molecule has 84 valence electrons. The minimum absolute atomic E-state index is 0.374. The highest BCUT2D eigenvalue weighted by molar-refractivity contribution is 6.55. The zero-order chi connectivity index (χ0) is 11.4. The summed E-state index contributed by atoms with van der Waals surface area (Å²) in [7, 11) is -0.374. The van der Waals surface area contributed by atoms with Crippen molar-refractivity contribution in [1.29, 1.82) is 0 Å². The quantitative estimate of drug-likeness (QED) is 0.686. The zero-order valence-electron chi connectivity index (χ0n) is 10.2. The number of hydrogen-bond donors (Lipinski definition) is 0. The van der Waals surface area contributed by atoms with E-state index in [0.717, 1.165) is 0 Å². The summed E-state index contributed by atoms with van der Waals surface area (Å²) in [5, 5.41) is 2.82. The van der Waals surface area contributed by atoms with Gasteiger partial charge in [-0.15, -0.1) is 0 Å². The molecule has 0 bridgehead atoms. The highest BCUT2D eigenvalue weighted by atomic mass is 28.3. The molecule has 2 aromatic carbocycles. The maximum atomic E-state index is 2.43. The fraction of sp³-hybridized carbons (Fsp3) is 0.333. The predicted octanol–water partition coefficient (Wildman–Crippen LogP) is 4.26. The molecule has 0 aliphatic heterocycles. The second-order valence-corrected chi connectivity index (χ2v) is 8.29. The molecule has 0 spiro atoms. The van der Waals surface area contributed by atoms with Gasteiger partial charge in [-0.1, -0.05) is 68.0 Å². The number of benzene rings is 2. The molecule has 0 fully saturated rings. The van der Waals surface area contributed by atoms with Gasteiger partial charge >= 0.3 is 0 Å². The fourth-order valence-corrected chi connectivity index (χ4v) is 3.23. The van der Waals surface area contributed by atoms with Crippen molar-refractivity contribution in [3.63, 3.8) is 0 Å². The molecule has 0 atom stereocenters. The van der Waals surface area contributed by atoms with Crippen LogP contribution in [0.2, 0.25) is 19.1 Å². The molecule has 0 aliphatic rings. The third-order valence-corrected chi connectivity index (χ3v) is 4.67. The van der Waals surface area contributed by atoms with Crippen molar-refractivity contribution < 1.29 is 0 Å². The van der Waals surface area contributed by atoms with Crippen molar-refractivity contribution in [2.24, 2.45) is 0 Å². The first-order chi connectivity index (χ1) is 7.77. The summed E-state index contributed by atoms with van der Waals surface area (Å²) < 4.78 is 0. The number of fused-ring (bicyclic) bond motifs is 1. The largest absolute Gasteiger partial charge is 0.0722 e. The topological polar surface area (TPSA) is 0 Å². The van der Waals surface area contributed by atoms with Crippen LogP contribution in [-0.4, -0.2) is 8.80 Å². The van der Waals surface area contributed by atoms with Gasteiger partial charge in [0, 0.05) is 8.80 Å². The Hall–Kier alpha value is -1.08. The standard InChI is InChI=1S/C15H20Si/c1-16(2)12-6-10-14-9-5-8-13-7-3-4-11-15(13)14/h3-5,7-9,11,16H,6,10,12H2,1-2H3. The van der Waals surface area contributed by atoms with Crippen LogP contribution in [-0.2, 0) is 6.42 Å². The Morgan fingerprint density at radius 3 is 2.50 bits per heavy atom. The lowest BCUT2D eigenvalue weighted by atomic mass is 10.0. The van der Waals surface area contributed by atoms with Gasteiger partial charge in [0.05, 0.1) is 0 Å². The Labute approximate surface area is 99.9 Å². The molecule has 0 saturated carbocycles. The van der Waals surface area contributed by atoms with Gasteiger partial charge in [0.25, 0.3) is 0 Å². The van der Waals surface area contributed by atoms with Gasteiger partial charge in [0.1, 0.15) is 0 Å². The Morgan fingerprint density at radius 1 is 0.938 bits per heavy atom. The molecule has 0 aromatic heterocycles. The minimum atomic E-state index is -0.374. The van der Waals surface area contributed by atoms with Crippen LogP contribution in [0.5, 0.6) is 0 Å². The summed E-state index contributed by atoms with van der Waals surface area (Å²) in [4.78, 5) is 0. The van der Waals surface area contributed by atoms with E-state index in [9.17, 15) is 0 Å². The van der Waals surface area contributed by atoms with E-state index in [2.05, 4.69) is 55.6 Å². The van der Waals surface area contributed by atoms with Gasteiger partial charge < -0.3 is 0 Å². The van der Waals surface area contributed by atoms with E-state index in [1.807, 2.05) is 0 Å². The highest BCUT2D eigenvalue weighted by Gasteiger charge is 2.01. The van der Waals surface area contributed by atoms with Gasteiger partial charge in [-0.25, -0.2) is 0 Å². The molecule has 0 nitrogen and oxygen atoms in total. The van der Waals surface area contributed by atoms with Gasteiger partial charge in [-0.2, -0.15) is 0 Å². The molecule has 0 amide bonds. The van der Waals surface area contributed by atoms with E-state index in [4.69, 9.17) is 0 Å².